The van der Waals surface area contributed by atoms with Crippen molar-refractivity contribution in [3.8, 4) is 0 Å². The van der Waals surface area contributed by atoms with Gasteiger partial charge >= 0.3 is 0 Å². The molecule has 0 aliphatic rings. The van der Waals surface area contributed by atoms with Crippen LogP contribution in [0, 0.1) is 5.82 Å². The van der Waals surface area contributed by atoms with Gasteiger partial charge in [0.05, 0.1) is 6.26 Å². The number of hydrogen-bond donors (Lipinski definition) is 1. The number of rotatable bonds is 4. The van der Waals surface area contributed by atoms with Crippen molar-refractivity contribution >= 4 is 21.7 Å². The number of pyridine rings is 1. The molecule has 5 heteroatoms. The first-order valence-electron chi connectivity index (χ1n) is 4.83. The van der Waals surface area contributed by atoms with Crippen molar-refractivity contribution in [1.82, 2.24) is 4.98 Å². The second-order valence-corrected chi connectivity index (χ2v) is 4.16. The summed E-state index contributed by atoms with van der Waals surface area (Å²) in [5.74, 6) is 0.758. The van der Waals surface area contributed by atoms with Crippen LogP contribution in [0.5, 0.6) is 0 Å². The average Bonchev–Trinajstić information content (AvgIpc) is 2.74. The SMILES string of the molecule is Fc1cc(Br)cnc1NCCc1ccco1. The van der Waals surface area contributed by atoms with E-state index in [1.165, 1.54) is 6.07 Å². The quantitative estimate of drug-likeness (QED) is 0.937. The van der Waals surface area contributed by atoms with Gasteiger partial charge < -0.3 is 9.73 Å². The summed E-state index contributed by atoms with van der Waals surface area (Å²) in [7, 11) is 0. The Kier molecular flexibility index (Phi) is 3.56. The van der Waals surface area contributed by atoms with E-state index in [1.807, 2.05) is 12.1 Å². The summed E-state index contributed by atoms with van der Waals surface area (Å²) in [6.07, 6.45) is 3.87. The Balaban J connectivity index is 1.90. The molecule has 1 N–H and O–H groups in total. The van der Waals surface area contributed by atoms with Gasteiger partial charge in [-0.25, -0.2) is 9.37 Å². The number of hydrogen-bond acceptors (Lipinski definition) is 3. The van der Waals surface area contributed by atoms with Gasteiger partial charge in [0.2, 0.25) is 0 Å². The fraction of sp³-hybridized carbons (Fsp3) is 0.182. The van der Waals surface area contributed by atoms with Crippen molar-refractivity contribution in [1.29, 1.82) is 0 Å². The largest absolute Gasteiger partial charge is 0.469 e. The molecule has 16 heavy (non-hydrogen) atoms. The van der Waals surface area contributed by atoms with Crippen LogP contribution in [0.3, 0.4) is 0 Å². The average molecular weight is 285 g/mol. The van der Waals surface area contributed by atoms with Crippen molar-refractivity contribution in [2.45, 2.75) is 6.42 Å². The Hall–Kier alpha value is -1.36. The molecule has 2 rings (SSSR count). The summed E-state index contributed by atoms with van der Waals surface area (Å²) in [6, 6.07) is 5.09. The normalized spacial score (nSPS) is 10.4. The van der Waals surface area contributed by atoms with Gasteiger partial charge in [-0.15, -0.1) is 0 Å². The van der Waals surface area contributed by atoms with Gasteiger partial charge in [0.1, 0.15) is 5.76 Å². The van der Waals surface area contributed by atoms with Crippen molar-refractivity contribution in [3.05, 3.63) is 46.7 Å². The molecule has 0 fully saturated rings. The smallest absolute Gasteiger partial charge is 0.166 e. The monoisotopic (exact) mass is 284 g/mol. The zero-order valence-electron chi connectivity index (χ0n) is 8.41. The van der Waals surface area contributed by atoms with Crippen LogP contribution in [0.1, 0.15) is 5.76 Å². The van der Waals surface area contributed by atoms with E-state index in [9.17, 15) is 4.39 Å². The van der Waals surface area contributed by atoms with E-state index < -0.39 is 0 Å². The molecule has 3 nitrogen and oxygen atoms in total. The molecule has 0 spiro atoms. The van der Waals surface area contributed by atoms with Gasteiger partial charge in [0.25, 0.3) is 0 Å². The zero-order chi connectivity index (χ0) is 11.4. The van der Waals surface area contributed by atoms with Gasteiger partial charge in [-0.1, -0.05) is 0 Å². The van der Waals surface area contributed by atoms with Gasteiger partial charge in [0.15, 0.2) is 11.6 Å². The van der Waals surface area contributed by atoms with Crippen LogP contribution in [0.2, 0.25) is 0 Å². The predicted octanol–water partition coefficient (Wildman–Crippen LogP) is 3.23. The minimum atomic E-state index is -0.367. The van der Waals surface area contributed by atoms with E-state index in [-0.39, 0.29) is 11.6 Å². The summed E-state index contributed by atoms with van der Waals surface area (Å²) < 4.78 is 19.1. The van der Waals surface area contributed by atoms with Crippen LogP contribution in [-0.4, -0.2) is 11.5 Å². The maximum atomic E-state index is 13.3. The van der Waals surface area contributed by atoms with E-state index >= 15 is 0 Å². The molecule has 2 heterocycles. The molecule has 0 amide bonds. The topological polar surface area (TPSA) is 38.1 Å². The molecule has 0 unspecified atom stereocenters. The number of anilines is 1. The Labute approximate surface area is 101 Å². The molecule has 84 valence electrons. The second kappa shape index (κ2) is 5.12. The maximum Gasteiger partial charge on any atom is 0.166 e. The molecule has 0 saturated heterocycles. The van der Waals surface area contributed by atoms with Gasteiger partial charge in [-0.05, 0) is 34.1 Å². The van der Waals surface area contributed by atoms with Crippen molar-refractivity contribution in [3.63, 3.8) is 0 Å². The van der Waals surface area contributed by atoms with Crippen molar-refractivity contribution in [2.24, 2.45) is 0 Å². The molecule has 0 bridgehead atoms. The third kappa shape index (κ3) is 2.82. The molecule has 0 aliphatic heterocycles. The Morgan fingerprint density at radius 3 is 3.06 bits per heavy atom. The van der Waals surface area contributed by atoms with Crippen LogP contribution < -0.4 is 5.32 Å². The fourth-order valence-electron chi connectivity index (χ4n) is 1.30. The summed E-state index contributed by atoms with van der Waals surface area (Å²) in [6.45, 7) is 0.582. The van der Waals surface area contributed by atoms with Crippen LogP contribution in [0.4, 0.5) is 10.2 Å². The van der Waals surface area contributed by atoms with E-state index in [4.69, 9.17) is 4.42 Å². The molecule has 0 atom stereocenters. The second-order valence-electron chi connectivity index (χ2n) is 3.24. The van der Waals surface area contributed by atoms with Crippen molar-refractivity contribution in [2.75, 3.05) is 11.9 Å². The number of aromatic nitrogens is 1. The molecular weight excluding hydrogens is 275 g/mol. The van der Waals surface area contributed by atoms with Crippen LogP contribution in [0.15, 0.2) is 39.5 Å². The summed E-state index contributed by atoms with van der Waals surface area (Å²) in [5.41, 5.74) is 0. The third-order valence-electron chi connectivity index (χ3n) is 2.05. The van der Waals surface area contributed by atoms with E-state index in [0.717, 1.165) is 5.76 Å². The van der Waals surface area contributed by atoms with Crippen molar-refractivity contribution < 1.29 is 8.81 Å². The number of nitrogens with zero attached hydrogens (tertiary/aromatic N) is 1. The Bertz CT molecular complexity index is 459. The van der Waals surface area contributed by atoms with E-state index in [0.29, 0.717) is 17.4 Å². The highest BCUT2D eigenvalue weighted by Crippen LogP contribution is 2.15. The van der Waals surface area contributed by atoms with E-state index in [1.54, 1.807) is 12.5 Å². The summed E-state index contributed by atoms with van der Waals surface area (Å²) in [4.78, 5) is 3.93. The number of furan rings is 1. The Morgan fingerprint density at radius 1 is 1.50 bits per heavy atom. The zero-order valence-corrected chi connectivity index (χ0v) is 10.00. The van der Waals surface area contributed by atoms with Gasteiger partial charge in [0, 0.05) is 23.6 Å². The molecule has 0 aromatic carbocycles. The van der Waals surface area contributed by atoms with Crippen LogP contribution in [0.25, 0.3) is 0 Å². The Morgan fingerprint density at radius 2 is 2.38 bits per heavy atom. The highest BCUT2D eigenvalue weighted by atomic mass is 79.9. The number of nitrogens with one attached hydrogen (secondary N) is 1. The van der Waals surface area contributed by atoms with E-state index in [2.05, 4.69) is 26.2 Å². The summed E-state index contributed by atoms with van der Waals surface area (Å²) in [5, 5.41) is 2.91. The first-order chi connectivity index (χ1) is 7.75. The standard InChI is InChI=1S/C11H10BrFN2O/c12-8-6-10(13)11(15-7-8)14-4-3-9-2-1-5-16-9/h1-2,5-7H,3-4H2,(H,14,15). The lowest BCUT2D eigenvalue weighted by atomic mass is 10.3. The molecule has 2 aromatic heterocycles. The lowest BCUT2D eigenvalue weighted by molar-refractivity contribution is 0.512. The highest BCUT2D eigenvalue weighted by molar-refractivity contribution is 9.10. The van der Waals surface area contributed by atoms with Gasteiger partial charge in [-0.3, -0.25) is 0 Å². The van der Waals surface area contributed by atoms with Gasteiger partial charge in [-0.2, -0.15) is 0 Å². The minimum Gasteiger partial charge on any atom is -0.469 e. The third-order valence-corrected chi connectivity index (χ3v) is 2.49. The summed E-state index contributed by atoms with van der Waals surface area (Å²) >= 11 is 3.15. The molecular formula is C11H10BrFN2O. The minimum absolute atomic E-state index is 0.259. The van der Waals surface area contributed by atoms with Crippen LogP contribution in [-0.2, 0) is 6.42 Å². The predicted molar refractivity (Wildman–Crippen MR) is 62.8 cm³/mol. The molecule has 0 radical (unpaired) electrons. The molecule has 0 saturated carbocycles. The van der Waals surface area contributed by atoms with Crippen LogP contribution >= 0.6 is 15.9 Å². The molecule has 0 aliphatic carbocycles. The lowest BCUT2D eigenvalue weighted by Gasteiger charge is -2.05. The highest BCUT2D eigenvalue weighted by Gasteiger charge is 2.03. The molecule has 2 aromatic rings. The first-order valence-corrected chi connectivity index (χ1v) is 5.62. The first kappa shape index (κ1) is 11.1. The number of halogens is 2. The maximum absolute atomic E-state index is 13.3. The lowest BCUT2D eigenvalue weighted by Crippen LogP contribution is -2.07. The fourth-order valence-corrected chi connectivity index (χ4v) is 1.61.